The van der Waals surface area contributed by atoms with Crippen LogP contribution in [0.1, 0.15) is 11.1 Å². The number of aromatic amines is 1. The largest absolute Gasteiger partial charge is 0.320 e. The summed E-state index contributed by atoms with van der Waals surface area (Å²) in [5, 5.41) is 6.46. The van der Waals surface area contributed by atoms with E-state index in [9.17, 15) is 8.42 Å². The van der Waals surface area contributed by atoms with Crippen molar-refractivity contribution in [1.82, 2.24) is 14.9 Å². The summed E-state index contributed by atoms with van der Waals surface area (Å²) in [5.41, 5.74) is 6.61. The summed E-state index contributed by atoms with van der Waals surface area (Å²) in [6.07, 6.45) is 3.14. The number of benzene rings is 1. The van der Waals surface area contributed by atoms with Crippen LogP contribution in [0.25, 0.3) is 0 Å². The number of rotatable bonds is 4. The summed E-state index contributed by atoms with van der Waals surface area (Å²) in [5.74, 6) is 5.47. The molecule has 1 aromatic heterocycles. The Labute approximate surface area is 127 Å². The van der Waals surface area contributed by atoms with Gasteiger partial charge in [0.25, 0.3) is 0 Å². The molecule has 0 fully saturated rings. The second kappa shape index (κ2) is 6.74. The maximum Gasteiger partial charge on any atom is 0.242 e. The van der Waals surface area contributed by atoms with E-state index in [2.05, 4.69) is 26.8 Å². The van der Waals surface area contributed by atoms with Crippen molar-refractivity contribution >= 4 is 21.6 Å². The quantitative estimate of drug-likeness (QED) is 0.726. The third-order valence-electron chi connectivity index (χ3n) is 2.58. The van der Waals surface area contributed by atoms with Gasteiger partial charge in [-0.2, -0.15) is 5.10 Å². The first-order valence-corrected chi connectivity index (χ1v) is 7.85. The van der Waals surface area contributed by atoms with Crippen LogP contribution in [0, 0.1) is 11.8 Å². The molecule has 0 bridgehead atoms. The monoisotopic (exact) mass is 324 g/mol. The van der Waals surface area contributed by atoms with Crippen LogP contribution in [-0.2, 0) is 16.6 Å². The molecule has 0 aliphatic heterocycles. The van der Waals surface area contributed by atoms with Crippen LogP contribution in [0.5, 0.6) is 0 Å². The minimum Gasteiger partial charge on any atom is -0.320 e. The van der Waals surface area contributed by atoms with Crippen molar-refractivity contribution in [3.63, 3.8) is 0 Å². The molecule has 0 aliphatic rings. The molecule has 0 saturated heterocycles. The zero-order valence-corrected chi connectivity index (χ0v) is 12.5. The van der Waals surface area contributed by atoms with Crippen molar-refractivity contribution < 1.29 is 8.42 Å². The maximum atomic E-state index is 12.2. The number of hydrogen-bond donors (Lipinski definition) is 3. The average Bonchev–Trinajstić information content (AvgIpc) is 2.96. The van der Waals surface area contributed by atoms with Crippen LogP contribution < -0.4 is 10.5 Å². The lowest BCUT2D eigenvalue weighted by Gasteiger charge is -2.07. The smallest absolute Gasteiger partial charge is 0.242 e. The van der Waals surface area contributed by atoms with Gasteiger partial charge < -0.3 is 5.73 Å². The van der Waals surface area contributed by atoms with Gasteiger partial charge in [-0.3, -0.25) is 5.10 Å². The highest BCUT2D eigenvalue weighted by Crippen LogP contribution is 2.22. The topological polar surface area (TPSA) is 101 Å². The molecule has 1 aromatic carbocycles. The minimum atomic E-state index is -3.70. The highest BCUT2D eigenvalue weighted by Gasteiger charge is 2.17. The standard InChI is InChI=1S/C13H13ClN4O2S/c14-12-6-10(2-1-5-15)3-4-13(12)21(19,20)18-9-11-7-16-17-8-11/h3-4,6-8,18H,5,9,15H2,(H,16,17). The number of nitrogens with zero attached hydrogens (tertiary/aromatic N) is 1. The van der Waals surface area contributed by atoms with E-state index >= 15 is 0 Å². The average molecular weight is 325 g/mol. The van der Waals surface area contributed by atoms with Gasteiger partial charge in [0.1, 0.15) is 4.90 Å². The molecular formula is C13H13ClN4O2S. The van der Waals surface area contributed by atoms with E-state index in [0.29, 0.717) is 5.56 Å². The molecular weight excluding hydrogens is 312 g/mol. The molecule has 0 radical (unpaired) electrons. The van der Waals surface area contributed by atoms with E-state index in [0.717, 1.165) is 5.56 Å². The fourth-order valence-corrected chi connectivity index (χ4v) is 3.14. The minimum absolute atomic E-state index is 0.00552. The zero-order valence-electron chi connectivity index (χ0n) is 10.9. The Morgan fingerprint density at radius 3 is 2.86 bits per heavy atom. The Morgan fingerprint density at radius 1 is 1.43 bits per heavy atom. The molecule has 2 aromatic rings. The summed E-state index contributed by atoms with van der Waals surface area (Å²) >= 11 is 6.02. The second-order valence-electron chi connectivity index (χ2n) is 4.08. The van der Waals surface area contributed by atoms with E-state index in [-0.39, 0.29) is 23.0 Å². The van der Waals surface area contributed by atoms with Crippen molar-refractivity contribution in [2.75, 3.05) is 6.54 Å². The maximum absolute atomic E-state index is 12.2. The number of H-pyrrole nitrogens is 1. The van der Waals surface area contributed by atoms with E-state index in [1.807, 2.05) is 0 Å². The molecule has 6 nitrogen and oxygen atoms in total. The van der Waals surface area contributed by atoms with Crippen LogP contribution in [0.3, 0.4) is 0 Å². The molecule has 0 spiro atoms. The van der Waals surface area contributed by atoms with Gasteiger partial charge >= 0.3 is 0 Å². The number of nitrogens with two attached hydrogens (primary N) is 1. The van der Waals surface area contributed by atoms with Gasteiger partial charge in [0.15, 0.2) is 0 Å². The van der Waals surface area contributed by atoms with Crippen LogP contribution in [0.2, 0.25) is 5.02 Å². The normalized spacial score (nSPS) is 11.0. The summed E-state index contributed by atoms with van der Waals surface area (Å²) in [4.78, 5) is 0.00552. The molecule has 4 N–H and O–H groups in total. The fourth-order valence-electron chi connectivity index (χ4n) is 1.58. The lowest BCUT2D eigenvalue weighted by atomic mass is 10.2. The third-order valence-corrected chi connectivity index (χ3v) is 4.46. The summed E-state index contributed by atoms with van der Waals surface area (Å²) in [6.45, 7) is 0.355. The van der Waals surface area contributed by atoms with Gasteiger partial charge in [-0.05, 0) is 18.2 Å². The van der Waals surface area contributed by atoms with E-state index in [4.69, 9.17) is 17.3 Å². The van der Waals surface area contributed by atoms with Gasteiger partial charge in [-0.1, -0.05) is 23.4 Å². The third kappa shape index (κ3) is 4.06. The highest BCUT2D eigenvalue weighted by molar-refractivity contribution is 7.89. The molecule has 21 heavy (non-hydrogen) atoms. The Balaban J connectivity index is 2.19. The summed E-state index contributed by atoms with van der Waals surface area (Å²) < 4.78 is 26.8. The first kappa shape index (κ1) is 15.5. The fraction of sp³-hybridized carbons (Fsp3) is 0.154. The Kier molecular flexibility index (Phi) is 4.98. The predicted octanol–water partition coefficient (Wildman–Crippen LogP) is 0.852. The first-order valence-electron chi connectivity index (χ1n) is 5.99. The molecule has 0 atom stereocenters. The Morgan fingerprint density at radius 2 is 2.24 bits per heavy atom. The van der Waals surface area contributed by atoms with Crippen molar-refractivity contribution in [3.8, 4) is 11.8 Å². The molecule has 1 heterocycles. The van der Waals surface area contributed by atoms with Crippen molar-refractivity contribution in [1.29, 1.82) is 0 Å². The number of hydrogen-bond acceptors (Lipinski definition) is 4. The zero-order chi connectivity index (χ0) is 15.3. The molecule has 0 unspecified atom stereocenters. The van der Waals surface area contributed by atoms with Crippen LogP contribution >= 0.6 is 11.6 Å². The molecule has 8 heteroatoms. The van der Waals surface area contributed by atoms with Crippen molar-refractivity contribution in [2.24, 2.45) is 5.73 Å². The van der Waals surface area contributed by atoms with Crippen molar-refractivity contribution in [2.45, 2.75) is 11.4 Å². The molecule has 0 amide bonds. The highest BCUT2D eigenvalue weighted by atomic mass is 35.5. The van der Waals surface area contributed by atoms with E-state index < -0.39 is 10.0 Å². The molecule has 0 saturated carbocycles. The number of aromatic nitrogens is 2. The lowest BCUT2D eigenvalue weighted by molar-refractivity contribution is 0.581. The van der Waals surface area contributed by atoms with Crippen LogP contribution in [-0.4, -0.2) is 25.2 Å². The molecule has 0 aliphatic carbocycles. The van der Waals surface area contributed by atoms with E-state index in [1.54, 1.807) is 12.3 Å². The predicted molar refractivity (Wildman–Crippen MR) is 80.0 cm³/mol. The van der Waals surface area contributed by atoms with Gasteiger partial charge in [0, 0.05) is 23.9 Å². The van der Waals surface area contributed by atoms with Crippen LogP contribution in [0.4, 0.5) is 0 Å². The number of nitrogens with one attached hydrogen (secondary N) is 2. The molecule has 110 valence electrons. The lowest BCUT2D eigenvalue weighted by Crippen LogP contribution is -2.23. The summed E-state index contributed by atoms with van der Waals surface area (Å²) in [7, 11) is -3.70. The Bertz CT molecular complexity index is 776. The van der Waals surface area contributed by atoms with Crippen LogP contribution in [0.15, 0.2) is 35.5 Å². The second-order valence-corrected chi connectivity index (χ2v) is 6.22. The van der Waals surface area contributed by atoms with Gasteiger partial charge in [-0.15, -0.1) is 0 Å². The number of halogens is 1. The van der Waals surface area contributed by atoms with E-state index in [1.165, 1.54) is 18.3 Å². The number of sulfonamides is 1. The molecule has 2 rings (SSSR count). The Hall–Kier alpha value is -1.85. The summed E-state index contributed by atoms with van der Waals surface area (Å²) in [6, 6.07) is 4.50. The first-order chi connectivity index (χ1) is 10.0. The van der Waals surface area contributed by atoms with Gasteiger partial charge in [0.2, 0.25) is 10.0 Å². The van der Waals surface area contributed by atoms with Crippen molar-refractivity contribution in [3.05, 3.63) is 46.7 Å². The SMILES string of the molecule is NCC#Cc1ccc(S(=O)(=O)NCc2cn[nH]c2)c(Cl)c1. The van der Waals surface area contributed by atoms with Gasteiger partial charge in [0.05, 0.1) is 17.8 Å². The van der Waals surface area contributed by atoms with Gasteiger partial charge in [-0.25, -0.2) is 13.1 Å².